The number of nitrogens with zero attached hydrogens (tertiary/aromatic N) is 2. The number of hydrogen-bond donors (Lipinski definition) is 3. The fourth-order valence-corrected chi connectivity index (χ4v) is 5.04. The van der Waals surface area contributed by atoms with E-state index < -0.39 is 17.5 Å². The lowest BCUT2D eigenvalue weighted by molar-refractivity contribution is -0.180. The van der Waals surface area contributed by atoms with Crippen LogP contribution in [-0.4, -0.2) is 49.0 Å². The van der Waals surface area contributed by atoms with Gasteiger partial charge in [-0.05, 0) is 49.3 Å². The summed E-state index contributed by atoms with van der Waals surface area (Å²) in [7, 11) is 3.43. The highest BCUT2D eigenvalue weighted by molar-refractivity contribution is 5.70. The molecule has 2 heterocycles. The molecule has 0 saturated heterocycles. The van der Waals surface area contributed by atoms with Gasteiger partial charge in [-0.25, -0.2) is 0 Å². The Morgan fingerprint density at radius 3 is 2.53 bits per heavy atom. The van der Waals surface area contributed by atoms with Crippen LogP contribution < -0.4 is 16.8 Å². The Bertz CT molecular complexity index is 918. The highest BCUT2D eigenvalue weighted by atomic mass is 19.4. The van der Waals surface area contributed by atoms with Gasteiger partial charge < -0.3 is 20.7 Å². The number of rotatable bonds is 7. The van der Waals surface area contributed by atoms with E-state index in [2.05, 4.69) is 10.3 Å². The molecule has 3 aliphatic rings. The maximum atomic E-state index is 14.1. The van der Waals surface area contributed by atoms with Gasteiger partial charge in [-0.15, -0.1) is 0 Å². The Kier molecular flexibility index (Phi) is 5.92. The first-order valence-electron chi connectivity index (χ1n) is 11.1. The van der Waals surface area contributed by atoms with Crippen LogP contribution in [0.1, 0.15) is 55.6 Å². The van der Waals surface area contributed by atoms with Crippen LogP contribution in [0.3, 0.4) is 0 Å². The average molecular weight is 452 g/mol. The summed E-state index contributed by atoms with van der Waals surface area (Å²) in [5, 5.41) is 2.48. The van der Waals surface area contributed by atoms with Crippen LogP contribution in [0.2, 0.25) is 0 Å². The quantitative estimate of drug-likeness (QED) is 0.589. The van der Waals surface area contributed by atoms with Crippen LogP contribution in [0.15, 0.2) is 35.9 Å². The predicted octanol–water partition coefficient (Wildman–Crippen LogP) is 3.43. The molecule has 176 valence electrons. The van der Waals surface area contributed by atoms with E-state index in [0.29, 0.717) is 24.6 Å². The number of allylic oxidation sites excluding steroid dienone is 1. The van der Waals surface area contributed by atoms with Crippen LogP contribution in [0, 0.1) is 5.41 Å². The zero-order valence-electron chi connectivity index (χ0n) is 18.6. The van der Waals surface area contributed by atoms with Crippen molar-refractivity contribution in [2.45, 2.75) is 56.3 Å². The molecule has 0 amide bonds. The molecule has 6 nitrogen and oxygen atoms in total. The summed E-state index contributed by atoms with van der Waals surface area (Å²) in [6.45, 7) is 1.09. The molecular formula is C23H32F3N5O. The molecule has 1 atom stereocenters. The van der Waals surface area contributed by atoms with Crippen molar-refractivity contribution in [3.05, 3.63) is 47.1 Å². The number of aromatic nitrogens is 1. The molecule has 2 fully saturated rings. The minimum Gasteiger partial charge on any atom is -0.397 e. The summed E-state index contributed by atoms with van der Waals surface area (Å²) < 4.78 is 47.9. The molecule has 0 bridgehead atoms. The van der Waals surface area contributed by atoms with Gasteiger partial charge in [0.15, 0.2) is 0 Å². The molecule has 4 rings (SSSR count). The molecule has 5 N–H and O–H groups in total. The number of methoxy groups -OCH3 is 1. The predicted molar refractivity (Wildman–Crippen MR) is 117 cm³/mol. The highest BCUT2D eigenvalue weighted by Crippen LogP contribution is 2.43. The summed E-state index contributed by atoms with van der Waals surface area (Å²) in [4.78, 5) is 6.06. The number of nitrogens with one attached hydrogen (secondary N) is 1. The summed E-state index contributed by atoms with van der Waals surface area (Å²) in [6, 6.07) is 1.89. The number of halogens is 3. The number of dihydropyridines is 1. The SMILES string of the molecule is COCC1(CN(C)C2=C(N)C(N)(C(F)(F)F)NC(c3cncc(C4CC4)c3)=C2)CCCC1. The van der Waals surface area contributed by atoms with Gasteiger partial charge in [0.1, 0.15) is 0 Å². The summed E-state index contributed by atoms with van der Waals surface area (Å²) in [5.41, 5.74) is 10.7. The molecule has 1 aliphatic heterocycles. The monoisotopic (exact) mass is 451 g/mol. The van der Waals surface area contributed by atoms with E-state index in [-0.39, 0.29) is 16.8 Å². The Morgan fingerprint density at radius 2 is 1.94 bits per heavy atom. The fraction of sp³-hybridized carbons (Fsp3) is 0.609. The molecule has 32 heavy (non-hydrogen) atoms. The molecule has 2 aliphatic carbocycles. The topological polar surface area (TPSA) is 89.4 Å². The third-order valence-electron chi connectivity index (χ3n) is 6.98. The lowest BCUT2D eigenvalue weighted by Crippen LogP contribution is -2.67. The van der Waals surface area contributed by atoms with Crippen LogP contribution >= 0.6 is 0 Å². The van der Waals surface area contributed by atoms with E-state index in [1.54, 1.807) is 37.5 Å². The smallest absolute Gasteiger partial charge is 0.397 e. The van der Waals surface area contributed by atoms with E-state index in [1.165, 1.54) is 0 Å². The molecule has 0 aromatic carbocycles. The van der Waals surface area contributed by atoms with Crippen molar-refractivity contribution in [3.63, 3.8) is 0 Å². The van der Waals surface area contributed by atoms with E-state index in [0.717, 1.165) is 44.1 Å². The summed E-state index contributed by atoms with van der Waals surface area (Å²) >= 11 is 0. The fourth-order valence-electron chi connectivity index (χ4n) is 5.04. The maximum Gasteiger partial charge on any atom is 0.430 e. The van der Waals surface area contributed by atoms with Gasteiger partial charge in [0.2, 0.25) is 5.66 Å². The lowest BCUT2D eigenvalue weighted by Gasteiger charge is -2.42. The van der Waals surface area contributed by atoms with Crippen molar-refractivity contribution < 1.29 is 17.9 Å². The molecular weight excluding hydrogens is 419 g/mol. The third kappa shape index (κ3) is 4.20. The maximum absolute atomic E-state index is 14.1. The molecule has 0 radical (unpaired) electrons. The summed E-state index contributed by atoms with van der Waals surface area (Å²) in [5.74, 6) is 0.427. The Balaban J connectivity index is 1.73. The van der Waals surface area contributed by atoms with E-state index in [9.17, 15) is 13.2 Å². The molecule has 2 saturated carbocycles. The first kappa shape index (κ1) is 22.9. The Labute approximate surface area is 186 Å². The van der Waals surface area contributed by atoms with Gasteiger partial charge in [0.25, 0.3) is 0 Å². The first-order valence-corrected chi connectivity index (χ1v) is 11.1. The van der Waals surface area contributed by atoms with E-state index in [1.807, 2.05) is 6.07 Å². The minimum atomic E-state index is -4.79. The van der Waals surface area contributed by atoms with Crippen LogP contribution in [-0.2, 0) is 4.74 Å². The van der Waals surface area contributed by atoms with Gasteiger partial charge in [-0.1, -0.05) is 12.8 Å². The molecule has 9 heteroatoms. The van der Waals surface area contributed by atoms with E-state index in [4.69, 9.17) is 16.2 Å². The van der Waals surface area contributed by atoms with Crippen molar-refractivity contribution in [2.24, 2.45) is 16.9 Å². The largest absolute Gasteiger partial charge is 0.430 e. The zero-order chi connectivity index (χ0) is 23.1. The second-order valence-corrected chi connectivity index (χ2v) is 9.57. The van der Waals surface area contributed by atoms with Gasteiger partial charge in [0.05, 0.1) is 18.0 Å². The van der Waals surface area contributed by atoms with E-state index >= 15 is 0 Å². The third-order valence-corrected chi connectivity index (χ3v) is 6.98. The highest BCUT2D eigenvalue weighted by Gasteiger charge is 2.57. The van der Waals surface area contributed by atoms with Crippen molar-refractivity contribution in [1.29, 1.82) is 0 Å². The van der Waals surface area contributed by atoms with Crippen molar-refractivity contribution >= 4 is 5.70 Å². The number of alkyl halides is 3. The Morgan fingerprint density at radius 1 is 1.25 bits per heavy atom. The van der Waals surface area contributed by atoms with Crippen LogP contribution in [0.4, 0.5) is 13.2 Å². The van der Waals surface area contributed by atoms with Crippen LogP contribution in [0.5, 0.6) is 0 Å². The first-order chi connectivity index (χ1) is 15.1. The van der Waals surface area contributed by atoms with Gasteiger partial charge >= 0.3 is 6.18 Å². The second-order valence-electron chi connectivity index (χ2n) is 9.57. The second kappa shape index (κ2) is 8.26. The van der Waals surface area contributed by atoms with Gasteiger partial charge in [0, 0.05) is 49.8 Å². The standard InChI is InChI=1S/C23H32F3N5O/c1-31(13-21(14-32-2)7-3-4-8-21)19-10-18(30-22(28,20(19)27)23(24,25)26)17-9-16(11-29-12-17)15-5-6-15/h9-12,15,30H,3-8,13-14,27-28H2,1-2H3. The zero-order valence-corrected chi connectivity index (χ0v) is 18.6. The number of ether oxygens (including phenoxy) is 1. The normalized spacial score (nSPS) is 25.5. The van der Waals surface area contributed by atoms with Crippen molar-refractivity contribution in [1.82, 2.24) is 15.2 Å². The molecule has 1 unspecified atom stereocenters. The lowest BCUT2D eigenvalue weighted by atomic mass is 9.86. The van der Waals surface area contributed by atoms with Crippen LogP contribution in [0.25, 0.3) is 5.70 Å². The van der Waals surface area contributed by atoms with Crippen molar-refractivity contribution in [3.8, 4) is 0 Å². The number of nitrogens with two attached hydrogens (primary N) is 2. The molecule has 1 aromatic heterocycles. The van der Waals surface area contributed by atoms with Gasteiger partial charge in [-0.3, -0.25) is 10.7 Å². The molecule has 0 spiro atoms. The molecule has 1 aromatic rings. The summed E-state index contributed by atoms with van der Waals surface area (Å²) in [6.07, 6.45) is 6.44. The van der Waals surface area contributed by atoms with Crippen molar-refractivity contribution in [2.75, 3.05) is 27.3 Å². The number of likely N-dealkylation sites (N-methyl/N-ethyl adjacent to an activating group) is 1. The van der Waals surface area contributed by atoms with Gasteiger partial charge in [-0.2, -0.15) is 13.2 Å². The number of pyridine rings is 1. The minimum absolute atomic E-state index is 0.113. The average Bonchev–Trinajstić information content (AvgIpc) is 3.50. The Hall–Kier alpha value is -2.26. The number of hydrogen-bond acceptors (Lipinski definition) is 6.